The lowest BCUT2D eigenvalue weighted by Crippen LogP contribution is -2.42. The van der Waals surface area contributed by atoms with E-state index in [9.17, 15) is 10.2 Å². The molecule has 0 amide bonds. The Morgan fingerprint density at radius 3 is 2.63 bits per heavy atom. The molecule has 0 spiro atoms. The van der Waals surface area contributed by atoms with Crippen LogP contribution >= 0.6 is 0 Å². The van der Waals surface area contributed by atoms with Crippen LogP contribution in [0.15, 0.2) is 24.3 Å². The van der Waals surface area contributed by atoms with Gasteiger partial charge in [-0.3, -0.25) is 0 Å². The topological polar surface area (TPSA) is 40.5 Å². The fourth-order valence-electron chi connectivity index (χ4n) is 3.31. The summed E-state index contributed by atoms with van der Waals surface area (Å²) < 4.78 is 0. The van der Waals surface area contributed by atoms with Gasteiger partial charge < -0.3 is 10.2 Å². The van der Waals surface area contributed by atoms with Crippen molar-refractivity contribution in [2.75, 3.05) is 0 Å². The van der Waals surface area contributed by atoms with Gasteiger partial charge in [0.05, 0.1) is 11.7 Å². The normalized spacial score (nSPS) is 20.9. The first-order valence-corrected chi connectivity index (χ1v) is 7.59. The van der Waals surface area contributed by atoms with Gasteiger partial charge in [0, 0.05) is 0 Å². The van der Waals surface area contributed by atoms with E-state index in [4.69, 9.17) is 0 Å². The van der Waals surface area contributed by atoms with Crippen molar-refractivity contribution in [3.63, 3.8) is 0 Å². The fraction of sp³-hybridized carbons (Fsp3) is 0.647. The summed E-state index contributed by atoms with van der Waals surface area (Å²) in [6.45, 7) is 3.89. The molecular weight excluding hydrogens is 236 g/mol. The summed E-state index contributed by atoms with van der Waals surface area (Å²) in [6, 6.07) is 8.55. The first-order valence-electron chi connectivity index (χ1n) is 7.59. The highest BCUT2D eigenvalue weighted by Gasteiger charge is 2.34. The zero-order valence-electron chi connectivity index (χ0n) is 12.1. The van der Waals surface area contributed by atoms with E-state index in [1.165, 1.54) is 17.5 Å². The Morgan fingerprint density at radius 2 is 1.95 bits per heavy atom. The molecule has 2 atom stereocenters. The Bertz CT molecular complexity index is 409. The number of benzene rings is 1. The Labute approximate surface area is 116 Å². The van der Waals surface area contributed by atoms with Crippen molar-refractivity contribution in [2.45, 2.75) is 70.0 Å². The lowest BCUT2D eigenvalue weighted by Gasteiger charge is -2.35. The molecule has 2 unspecified atom stereocenters. The van der Waals surface area contributed by atoms with Gasteiger partial charge in [0.2, 0.25) is 0 Å². The van der Waals surface area contributed by atoms with E-state index in [0.29, 0.717) is 25.2 Å². The molecule has 0 aromatic heterocycles. The minimum absolute atomic E-state index is 0.393. The van der Waals surface area contributed by atoms with Crippen LogP contribution < -0.4 is 0 Å². The molecule has 2 rings (SSSR count). The third kappa shape index (κ3) is 3.01. The first kappa shape index (κ1) is 14.5. The molecule has 1 aromatic rings. The largest absolute Gasteiger partial charge is 0.390 e. The van der Waals surface area contributed by atoms with E-state index in [1.807, 2.05) is 13.8 Å². The van der Waals surface area contributed by atoms with Crippen LogP contribution in [0.5, 0.6) is 0 Å². The van der Waals surface area contributed by atoms with Crippen molar-refractivity contribution < 1.29 is 10.2 Å². The minimum atomic E-state index is -0.924. The van der Waals surface area contributed by atoms with Gasteiger partial charge >= 0.3 is 0 Å². The predicted molar refractivity (Wildman–Crippen MR) is 78.3 cm³/mol. The highest BCUT2D eigenvalue weighted by molar-refractivity contribution is 5.32. The molecule has 2 heteroatoms. The summed E-state index contributed by atoms with van der Waals surface area (Å²) >= 11 is 0. The maximum absolute atomic E-state index is 10.4. The zero-order valence-corrected chi connectivity index (χ0v) is 12.1. The average molecular weight is 262 g/mol. The van der Waals surface area contributed by atoms with Gasteiger partial charge in [-0.1, -0.05) is 38.1 Å². The molecule has 2 N–H and O–H groups in total. The number of rotatable bonds is 5. The third-order valence-corrected chi connectivity index (χ3v) is 4.85. The van der Waals surface area contributed by atoms with Crippen molar-refractivity contribution in [2.24, 2.45) is 0 Å². The zero-order chi connectivity index (χ0) is 13.9. The standard InChI is InChI=1S/C17H26O2/c1-3-17(19,4-2)16(18)12-14-10-7-9-13-8-5-6-11-15(13)14/h5-6,8,11,14,16,18-19H,3-4,7,9-10,12H2,1-2H3. The molecule has 19 heavy (non-hydrogen) atoms. The van der Waals surface area contributed by atoms with E-state index in [1.54, 1.807) is 0 Å². The lowest BCUT2D eigenvalue weighted by atomic mass is 9.76. The predicted octanol–water partition coefficient (Wildman–Crippen LogP) is 3.41. The van der Waals surface area contributed by atoms with E-state index < -0.39 is 11.7 Å². The average Bonchev–Trinajstić information content (AvgIpc) is 2.46. The first-order chi connectivity index (χ1) is 9.10. The second-order valence-electron chi connectivity index (χ2n) is 5.85. The SMILES string of the molecule is CCC(O)(CC)C(O)CC1CCCc2ccccc21. The van der Waals surface area contributed by atoms with Gasteiger partial charge in [0.15, 0.2) is 0 Å². The number of hydrogen-bond donors (Lipinski definition) is 2. The highest BCUT2D eigenvalue weighted by Crippen LogP contribution is 2.37. The molecule has 0 bridgehead atoms. The number of aryl methyl sites for hydroxylation is 1. The van der Waals surface area contributed by atoms with Gasteiger partial charge in [0.1, 0.15) is 0 Å². The molecular formula is C17H26O2. The van der Waals surface area contributed by atoms with Gasteiger partial charge in [-0.2, -0.15) is 0 Å². The van der Waals surface area contributed by atoms with Crippen molar-refractivity contribution in [3.8, 4) is 0 Å². The quantitative estimate of drug-likeness (QED) is 0.853. The molecule has 0 radical (unpaired) electrons. The number of fused-ring (bicyclic) bond motifs is 1. The van der Waals surface area contributed by atoms with E-state index in [2.05, 4.69) is 24.3 Å². The molecule has 2 nitrogen and oxygen atoms in total. The maximum atomic E-state index is 10.4. The fourth-order valence-corrected chi connectivity index (χ4v) is 3.31. The summed E-state index contributed by atoms with van der Waals surface area (Å²) in [5, 5.41) is 20.8. The van der Waals surface area contributed by atoms with Gasteiger partial charge in [-0.05, 0) is 55.6 Å². The summed E-state index contributed by atoms with van der Waals surface area (Å²) in [4.78, 5) is 0. The van der Waals surface area contributed by atoms with Crippen LogP contribution in [0.1, 0.15) is 63.0 Å². The Hall–Kier alpha value is -0.860. The van der Waals surface area contributed by atoms with E-state index in [0.717, 1.165) is 12.8 Å². The van der Waals surface area contributed by atoms with Crippen LogP contribution in [-0.2, 0) is 6.42 Å². The van der Waals surface area contributed by atoms with Crippen LogP contribution in [0.2, 0.25) is 0 Å². The number of aliphatic hydroxyl groups excluding tert-OH is 1. The molecule has 0 saturated heterocycles. The minimum Gasteiger partial charge on any atom is -0.390 e. The Morgan fingerprint density at radius 1 is 1.26 bits per heavy atom. The van der Waals surface area contributed by atoms with Gasteiger partial charge in [-0.15, -0.1) is 0 Å². The summed E-state index contributed by atoms with van der Waals surface area (Å²) in [5.41, 5.74) is 1.87. The van der Waals surface area contributed by atoms with Crippen molar-refractivity contribution in [3.05, 3.63) is 35.4 Å². The smallest absolute Gasteiger partial charge is 0.0900 e. The molecule has 0 aliphatic heterocycles. The van der Waals surface area contributed by atoms with Crippen LogP contribution in [0.4, 0.5) is 0 Å². The molecule has 0 heterocycles. The van der Waals surface area contributed by atoms with Crippen LogP contribution in [0.3, 0.4) is 0 Å². The number of aliphatic hydroxyl groups is 2. The van der Waals surface area contributed by atoms with E-state index in [-0.39, 0.29) is 0 Å². The second-order valence-corrected chi connectivity index (χ2v) is 5.85. The molecule has 106 valence electrons. The monoisotopic (exact) mass is 262 g/mol. The molecule has 1 aliphatic rings. The van der Waals surface area contributed by atoms with Crippen LogP contribution in [-0.4, -0.2) is 21.9 Å². The van der Waals surface area contributed by atoms with Gasteiger partial charge in [-0.25, -0.2) is 0 Å². The van der Waals surface area contributed by atoms with Crippen LogP contribution in [0.25, 0.3) is 0 Å². The van der Waals surface area contributed by atoms with Gasteiger partial charge in [0.25, 0.3) is 0 Å². The Balaban J connectivity index is 2.12. The third-order valence-electron chi connectivity index (χ3n) is 4.85. The maximum Gasteiger partial charge on any atom is 0.0900 e. The van der Waals surface area contributed by atoms with Crippen LogP contribution in [0, 0.1) is 0 Å². The Kier molecular flexibility index (Phi) is 4.64. The molecule has 0 fully saturated rings. The molecule has 1 aliphatic carbocycles. The lowest BCUT2D eigenvalue weighted by molar-refractivity contribution is -0.0857. The van der Waals surface area contributed by atoms with Crippen molar-refractivity contribution >= 4 is 0 Å². The molecule has 0 saturated carbocycles. The highest BCUT2D eigenvalue weighted by atomic mass is 16.3. The summed E-state index contributed by atoms with van der Waals surface area (Å²) in [6.07, 6.45) is 4.73. The van der Waals surface area contributed by atoms with Crippen molar-refractivity contribution in [1.82, 2.24) is 0 Å². The second kappa shape index (κ2) is 6.06. The van der Waals surface area contributed by atoms with E-state index >= 15 is 0 Å². The summed E-state index contributed by atoms with van der Waals surface area (Å²) in [5.74, 6) is 0.393. The number of hydrogen-bond acceptors (Lipinski definition) is 2. The van der Waals surface area contributed by atoms with Crippen molar-refractivity contribution in [1.29, 1.82) is 0 Å². The molecule has 1 aromatic carbocycles. The summed E-state index contributed by atoms with van der Waals surface area (Å²) in [7, 11) is 0.